The third-order valence-electron chi connectivity index (χ3n) is 3.50. The summed E-state index contributed by atoms with van der Waals surface area (Å²) < 4.78 is 1.31. The SMILES string of the molecule is Cc1nn(CC(=O)NN=CCCc2ccccc2)c(C)c1[N+](=O)[O-]. The van der Waals surface area contributed by atoms with Crippen LogP contribution in [-0.2, 0) is 17.8 Å². The molecule has 0 bridgehead atoms. The van der Waals surface area contributed by atoms with Crippen molar-refractivity contribution < 1.29 is 9.72 Å². The summed E-state index contributed by atoms with van der Waals surface area (Å²) in [4.78, 5) is 22.3. The second-order valence-corrected chi connectivity index (χ2v) is 5.31. The molecular weight excluding hydrogens is 310 g/mol. The molecule has 0 spiro atoms. The molecule has 8 heteroatoms. The molecule has 1 amide bonds. The number of rotatable bonds is 7. The first kappa shape index (κ1) is 17.3. The Bertz CT molecular complexity index is 753. The van der Waals surface area contributed by atoms with Crippen molar-refractivity contribution in [1.82, 2.24) is 15.2 Å². The molecule has 2 rings (SSSR count). The van der Waals surface area contributed by atoms with Crippen LogP contribution in [0, 0.1) is 24.0 Å². The van der Waals surface area contributed by atoms with E-state index in [-0.39, 0.29) is 23.8 Å². The van der Waals surface area contributed by atoms with Crippen LogP contribution >= 0.6 is 0 Å². The van der Waals surface area contributed by atoms with E-state index in [0.29, 0.717) is 12.1 Å². The number of benzene rings is 1. The Morgan fingerprint density at radius 1 is 1.38 bits per heavy atom. The zero-order chi connectivity index (χ0) is 17.5. The fourth-order valence-corrected chi connectivity index (χ4v) is 2.34. The molecule has 126 valence electrons. The van der Waals surface area contributed by atoms with Crippen LogP contribution in [0.25, 0.3) is 0 Å². The van der Waals surface area contributed by atoms with E-state index in [1.165, 1.54) is 10.2 Å². The van der Waals surface area contributed by atoms with Gasteiger partial charge >= 0.3 is 5.69 Å². The first-order valence-electron chi connectivity index (χ1n) is 7.51. The first-order valence-corrected chi connectivity index (χ1v) is 7.51. The molecule has 1 N–H and O–H groups in total. The molecule has 0 aliphatic carbocycles. The molecule has 0 radical (unpaired) electrons. The van der Waals surface area contributed by atoms with Crippen LogP contribution < -0.4 is 5.43 Å². The predicted molar refractivity (Wildman–Crippen MR) is 89.8 cm³/mol. The Balaban J connectivity index is 1.82. The summed E-state index contributed by atoms with van der Waals surface area (Å²) in [7, 11) is 0. The Morgan fingerprint density at radius 2 is 2.08 bits per heavy atom. The fourth-order valence-electron chi connectivity index (χ4n) is 2.34. The van der Waals surface area contributed by atoms with Crippen molar-refractivity contribution in [3.05, 3.63) is 57.4 Å². The second kappa shape index (κ2) is 8.00. The van der Waals surface area contributed by atoms with E-state index < -0.39 is 4.92 Å². The van der Waals surface area contributed by atoms with E-state index in [1.54, 1.807) is 20.1 Å². The largest absolute Gasteiger partial charge is 0.312 e. The average Bonchev–Trinajstić information content (AvgIpc) is 2.82. The van der Waals surface area contributed by atoms with Crippen molar-refractivity contribution in [2.75, 3.05) is 0 Å². The number of hydrazone groups is 1. The number of carbonyl (C=O) groups is 1. The maximum Gasteiger partial charge on any atom is 0.312 e. The molecule has 24 heavy (non-hydrogen) atoms. The Labute approximate surface area is 139 Å². The number of nitrogens with one attached hydrogen (secondary N) is 1. The van der Waals surface area contributed by atoms with Crippen molar-refractivity contribution in [1.29, 1.82) is 0 Å². The Hall–Kier alpha value is -3.03. The van der Waals surface area contributed by atoms with Gasteiger partial charge in [-0.2, -0.15) is 10.2 Å². The average molecular weight is 329 g/mol. The summed E-state index contributed by atoms with van der Waals surface area (Å²) in [5, 5.41) is 18.8. The van der Waals surface area contributed by atoms with E-state index in [4.69, 9.17) is 0 Å². The summed E-state index contributed by atoms with van der Waals surface area (Å²) in [5.74, 6) is -0.383. The van der Waals surface area contributed by atoms with Crippen LogP contribution in [0.1, 0.15) is 23.4 Å². The van der Waals surface area contributed by atoms with Gasteiger partial charge < -0.3 is 0 Å². The van der Waals surface area contributed by atoms with Crippen LogP contribution in [0.2, 0.25) is 0 Å². The van der Waals surface area contributed by atoms with Gasteiger partial charge in [0, 0.05) is 6.21 Å². The number of amides is 1. The summed E-state index contributed by atoms with van der Waals surface area (Å²) in [6.45, 7) is 2.99. The van der Waals surface area contributed by atoms with Crippen LogP contribution in [0.5, 0.6) is 0 Å². The van der Waals surface area contributed by atoms with Gasteiger partial charge in [0.05, 0.1) is 4.92 Å². The topological polar surface area (TPSA) is 102 Å². The van der Waals surface area contributed by atoms with Crippen molar-refractivity contribution in [2.45, 2.75) is 33.2 Å². The van der Waals surface area contributed by atoms with E-state index in [2.05, 4.69) is 15.6 Å². The van der Waals surface area contributed by atoms with Gasteiger partial charge in [-0.15, -0.1) is 0 Å². The van der Waals surface area contributed by atoms with Crippen LogP contribution in [0.15, 0.2) is 35.4 Å². The number of aryl methyl sites for hydroxylation is 2. The van der Waals surface area contributed by atoms with Gasteiger partial charge in [-0.1, -0.05) is 30.3 Å². The van der Waals surface area contributed by atoms with Gasteiger partial charge in [-0.3, -0.25) is 19.6 Å². The van der Waals surface area contributed by atoms with Gasteiger partial charge in [0.25, 0.3) is 5.91 Å². The van der Waals surface area contributed by atoms with Gasteiger partial charge in [0.2, 0.25) is 0 Å². The molecule has 2 aromatic rings. The third-order valence-corrected chi connectivity index (χ3v) is 3.50. The van der Waals surface area contributed by atoms with Gasteiger partial charge in [0.15, 0.2) is 0 Å². The maximum atomic E-state index is 11.8. The van der Waals surface area contributed by atoms with Gasteiger partial charge in [-0.25, -0.2) is 5.43 Å². The maximum absolute atomic E-state index is 11.8. The Kier molecular flexibility index (Phi) is 5.78. The van der Waals surface area contributed by atoms with E-state index >= 15 is 0 Å². The van der Waals surface area contributed by atoms with Crippen LogP contribution in [-0.4, -0.2) is 26.8 Å². The van der Waals surface area contributed by atoms with Crippen molar-refractivity contribution in [3.63, 3.8) is 0 Å². The van der Waals surface area contributed by atoms with Crippen molar-refractivity contribution >= 4 is 17.8 Å². The molecule has 0 aliphatic heterocycles. The third kappa shape index (κ3) is 4.48. The number of hydrogen-bond donors (Lipinski definition) is 1. The van der Waals surface area contributed by atoms with E-state index in [9.17, 15) is 14.9 Å². The predicted octanol–water partition coefficient (Wildman–Crippen LogP) is 2.14. The van der Waals surface area contributed by atoms with Gasteiger partial charge in [0.1, 0.15) is 17.9 Å². The quantitative estimate of drug-likeness (QED) is 0.477. The standard InChI is InChI=1S/C16H19N5O3/c1-12-16(21(23)24)13(2)20(19-12)11-15(22)18-17-10-6-9-14-7-4-3-5-8-14/h3-5,7-8,10H,6,9,11H2,1-2H3,(H,18,22). The molecule has 1 heterocycles. The minimum atomic E-state index is -0.492. The molecule has 0 aliphatic rings. The summed E-state index contributed by atoms with van der Waals surface area (Å²) >= 11 is 0. The highest BCUT2D eigenvalue weighted by Crippen LogP contribution is 2.21. The zero-order valence-corrected chi connectivity index (χ0v) is 13.6. The number of carbonyl (C=O) groups excluding carboxylic acids is 1. The lowest BCUT2D eigenvalue weighted by atomic mass is 10.1. The van der Waals surface area contributed by atoms with E-state index in [1.807, 2.05) is 30.3 Å². The summed E-state index contributed by atoms with van der Waals surface area (Å²) in [6.07, 6.45) is 3.17. The molecule has 0 atom stereocenters. The molecule has 1 aromatic carbocycles. The highest BCUT2D eigenvalue weighted by molar-refractivity contribution is 5.76. The minimum Gasteiger partial charge on any atom is -0.271 e. The Morgan fingerprint density at radius 3 is 2.71 bits per heavy atom. The molecule has 8 nitrogen and oxygen atoms in total. The normalized spacial score (nSPS) is 10.9. The smallest absolute Gasteiger partial charge is 0.271 e. The van der Waals surface area contributed by atoms with Crippen molar-refractivity contribution in [2.24, 2.45) is 5.10 Å². The summed E-state index contributed by atoms with van der Waals surface area (Å²) in [5.41, 5.74) is 4.18. The monoisotopic (exact) mass is 329 g/mol. The fraction of sp³-hybridized carbons (Fsp3) is 0.312. The van der Waals surface area contributed by atoms with Crippen LogP contribution in [0.4, 0.5) is 5.69 Å². The molecule has 1 aromatic heterocycles. The zero-order valence-electron chi connectivity index (χ0n) is 13.6. The molecule has 0 saturated heterocycles. The highest BCUT2D eigenvalue weighted by Gasteiger charge is 2.22. The highest BCUT2D eigenvalue weighted by atomic mass is 16.6. The number of nitrogens with zero attached hydrogens (tertiary/aromatic N) is 4. The number of nitro groups is 1. The molecule has 0 fully saturated rings. The number of aromatic nitrogens is 2. The lowest BCUT2D eigenvalue weighted by Crippen LogP contribution is -2.24. The summed E-state index contributed by atoms with van der Waals surface area (Å²) in [6, 6.07) is 9.97. The van der Waals surface area contributed by atoms with Gasteiger partial charge in [-0.05, 0) is 32.3 Å². The lowest BCUT2D eigenvalue weighted by molar-refractivity contribution is -0.386. The van der Waals surface area contributed by atoms with Crippen LogP contribution in [0.3, 0.4) is 0 Å². The number of hydrogen-bond acceptors (Lipinski definition) is 5. The lowest BCUT2D eigenvalue weighted by Gasteiger charge is -2.02. The minimum absolute atomic E-state index is 0.0610. The second-order valence-electron chi connectivity index (χ2n) is 5.31. The molecule has 0 saturated carbocycles. The van der Waals surface area contributed by atoms with E-state index in [0.717, 1.165) is 6.42 Å². The van der Waals surface area contributed by atoms with Crippen molar-refractivity contribution in [3.8, 4) is 0 Å². The molecular formula is C16H19N5O3. The molecule has 0 unspecified atom stereocenters. The first-order chi connectivity index (χ1) is 11.5.